The molecule has 264 valence electrons. The fraction of sp³-hybridized carbons (Fsp3) is 0.393. The minimum Gasteiger partial charge on any atom is -0.454 e. The monoisotopic (exact) mass is 698 g/mol. The quantitative estimate of drug-likeness (QED) is 0.191. The molecule has 1 aliphatic heterocycles. The van der Waals surface area contributed by atoms with E-state index < -0.39 is 111 Å². The Morgan fingerprint density at radius 1 is 0.673 bits per heavy atom. The molecule has 4 N–H and O–H groups in total. The number of cyclic esters (lactones) is 4. The van der Waals surface area contributed by atoms with E-state index in [1.165, 1.54) is 12.1 Å². The lowest BCUT2D eigenvalue weighted by atomic mass is 10.0. The van der Waals surface area contributed by atoms with Crippen LogP contribution in [0.1, 0.15) is 16.7 Å². The summed E-state index contributed by atoms with van der Waals surface area (Å²) in [6, 6.07) is 4.68. The molecule has 4 amide bonds. The first-order valence-corrected chi connectivity index (χ1v) is 14.1. The molecule has 0 bridgehead atoms. The number of alkyl halides is 3. The third-order valence-electron chi connectivity index (χ3n) is 6.12. The van der Waals surface area contributed by atoms with Crippen LogP contribution in [0.5, 0.6) is 0 Å². The van der Waals surface area contributed by atoms with Crippen LogP contribution in [0.15, 0.2) is 36.7 Å². The highest BCUT2D eigenvalue weighted by molar-refractivity contribution is 5.90. The van der Waals surface area contributed by atoms with Gasteiger partial charge in [0.2, 0.25) is 0 Å². The zero-order chi connectivity index (χ0) is 36.0. The van der Waals surface area contributed by atoms with E-state index in [0.29, 0.717) is 17.3 Å². The Labute approximate surface area is 273 Å². The van der Waals surface area contributed by atoms with Gasteiger partial charge in [0.1, 0.15) is 25.7 Å². The Hall–Kier alpha value is -6.02. The van der Waals surface area contributed by atoms with Crippen molar-refractivity contribution in [3.05, 3.63) is 53.3 Å². The second-order valence-electron chi connectivity index (χ2n) is 9.99. The van der Waals surface area contributed by atoms with Gasteiger partial charge >= 0.3 is 30.1 Å². The maximum absolute atomic E-state index is 12.9. The highest BCUT2D eigenvalue weighted by atomic mass is 19.4. The molecule has 0 spiro atoms. The number of nitrogens with one attached hydrogen (secondary N) is 4. The molecule has 1 aromatic heterocycles. The Morgan fingerprint density at radius 2 is 1.12 bits per heavy atom. The first-order chi connectivity index (χ1) is 23.2. The lowest BCUT2D eigenvalue weighted by molar-refractivity contribution is -0.154. The number of rotatable bonds is 4. The van der Waals surface area contributed by atoms with Crippen LogP contribution in [0.25, 0.3) is 0 Å². The molecule has 1 atom stereocenters. The number of benzene rings is 1. The van der Waals surface area contributed by atoms with Gasteiger partial charge in [0.25, 0.3) is 23.6 Å². The number of aromatic nitrogens is 2. The second-order valence-corrected chi connectivity index (χ2v) is 9.99. The first-order valence-electron chi connectivity index (χ1n) is 14.1. The third kappa shape index (κ3) is 13.7. The molecular weight excluding hydrogens is 669 g/mol. The van der Waals surface area contributed by atoms with Gasteiger partial charge in [-0.25, -0.2) is 4.79 Å². The van der Waals surface area contributed by atoms with Crippen molar-refractivity contribution in [2.45, 2.75) is 25.2 Å². The van der Waals surface area contributed by atoms with Gasteiger partial charge in [-0.1, -0.05) is 24.3 Å². The average Bonchev–Trinajstić information content (AvgIpc) is 3.54. The summed E-state index contributed by atoms with van der Waals surface area (Å²) in [6.07, 6.45) is -3.25. The highest BCUT2D eigenvalue weighted by Gasteiger charge is 2.32. The van der Waals surface area contributed by atoms with Gasteiger partial charge in [-0.2, -0.15) is 18.3 Å². The van der Waals surface area contributed by atoms with Gasteiger partial charge in [0, 0.05) is 12.6 Å². The van der Waals surface area contributed by atoms with Crippen LogP contribution in [-0.2, 0) is 76.4 Å². The summed E-state index contributed by atoms with van der Waals surface area (Å²) in [5.74, 6) is -8.03. The summed E-state index contributed by atoms with van der Waals surface area (Å²) >= 11 is 0. The minimum absolute atomic E-state index is 0.00854. The largest absolute Gasteiger partial charge is 0.454 e. The summed E-state index contributed by atoms with van der Waals surface area (Å²) < 4.78 is 58.7. The van der Waals surface area contributed by atoms with E-state index in [1.807, 2.05) is 0 Å². The topological polar surface area (TPSA) is 239 Å². The second kappa shape index (κ2) is 17.8. The summed E-state index contributed by atoms with van der Waals surface area (Å²) in [7, 11) is 0. The molecule has 0 aliphatic carbocycles. The van der Waals surface area contributed by atoms with E-state index in [2.05, 4.69) is 35.8 Å². The number of carbonyl (C=O) groups is 8. The predicted molar refractivity (Wildman–Crippen MR) is 151 cm³/mol. The highest BCUT2D eigenvalue weighted by Crippen LogP contribution is 2.28. The summed E-state index contributed by atoms with van der Waals surface area (Å²) in [5, 5.41) is 12.2. The lowest BCUT2D eigenvalue weighted by Crippen LogP contribution is -2.46. The molecule has 49 heavy (non-hydrogen) atoms. The summed E-state index contributed by atoms with van der Waals surface area (Å²) in [5.41, 5.74) is 0.0681. The minimum atomic E-state index is -4.56. The number of hydrogen-bond donors (Lipinski definition) is 4. The molecule has 1 saturated heterocycles. The Bertz CT molecular complexity index is 1560. The fourth-order valence-electron chi connectivity index (χ4n) is 3.72. The Balaban J connectivity index is 1.66. The number of nitrogens with zero attached hydrogens (tertiary/aromatic N) is 2. The van der Waals surface area contributed by atoms with Gasteiger partial charge in [-0.15, -0.1) is 0 Å². The number of esters is 4. The van der Waals surface area contributed by atoms with E-state index >= 15 is 0 Å². The van der Waals surface area contributed by atoms with Crippen LogP contribution in [0, 0.1) is 0 Å². The maximum atomic E-state index is 12.9. The number of hydrogen-bond acceptors (Lipinski definition) is 13. The van der Waals surface area contributed by atoms with Crippen molar-refractivity contribution >= 4 is 47.5 Å². The van der Waals surface area contributed by atoms with Crippen molar-refractivity contribution in [1.82, 2.24) is 31.0 Å². The standard InChI is InChI=1S/C28H29F3N6O12/c29-28(30,31)18-6-35-37(11-18)10-17-3-1-16(2-4-17)5-19-27(45)49-14-22(40)34-8-25(43)47-12-20(38)32-7-24(42)46-13-21(39)33-9-26(44)48-15-23(41)36-19/h1-4,6,11,19H,5,7-10,12-15H2,(H,32,38)(H,33,39)(H,34,40)(H,36,41). The number of ether oxygens (including phenoxy) is 4. The number of carbonyl (C=O) groups excluding carboxylic acids is 8. The number of amides is 4. The number of halogens is 3. The molecule has 2 aromatic rings. The van der Waals surface area contributed by atoms with Crippen LogP contribution in [0.4, 0.5) is 13.2 Å². The normalized spacial score (nSPS) is 18.7. The van der Waals surface area contributed by atoms with E-state index in [1.54, 1.807) is 12.1 Å². The SMILES string of the molecule is O=C1COC(=O)CNC(=O)COC(=O)C(Cc2ccc(Cn3cc(C(F)(F)F)cn3)cc2)NC(=O)COC(=O)CNC(=O)COC(=O)CN1. The third-order valence-corrected chi connectivity index (χ3v) is 6.12. The van der Waals surface area contributed by atoms with Crippen molar-refractivity contribution in [1.29, 1.82) is 0 Å². The van der Waals surface area contributed by atoms with Crippen LogP contribution in [-0.4, -0.2) is 109 Å². The average molecular weight is 699 g/mol. The van der Waals surface area contributed by atoms with Crippen molar-refractivity contribution < 1.29 is 70.5 Å². The van der Waals surface area contributed by atoms with Crippen molar-refractivity contribution in [2.75, 3.05) is 46.1 Å². The summed E-state index contributed by atoms with van der Waals surface area (Å²) in [4.78, 5) is 96.7. The molecule has 1 fully saturated rings. The molecule has 2 heterocycles. The molecule has 1 aliphatic rings. The molecule has 0 radical (unpaired) electrons. The van der Waals surface area contributed by atoms with E-state index in [9.17, 15) is 51.5 Å². The van der Waals surface area contributed by atoms with Crippen LogP contribution in [0.3, 0.4) is 0 Å². The van der Waals surface area contributed by atoms with E-state index in [4.69, 9.17) is 9.47 Å². The zero-order valence-corrected chi connectivity index (χ0v) is 25.3. The molecule has 1 unspecified atom stereocenters. The fourth-order valence-corrected chi connectivity index (χ4v) is 3.72. The van der Waals surface area contributed by atoms with Gasteiger partial charge in [-0.3, -0.25) is 38.2 Å². The molecular formula is C28H29F3N6O12. The van der Waals surface area contributed by atoms with Crippen molar-refractivity contribution in [3.8, 4) is 0 Å². The molecule has 21 heteroatoms. The molecule has 0 saturated carbocycles. The smallest absolute Gasteiger partial charge is 0.419 e. The molecule has 1 aromatic carbocycles. The summed E-state index contributed by atoms with van der Waals surface area (Å²) in [6.45, 7) is -5.61. The van der Waals surface area contributed by atoms with Crippen molar-refractivity contribution in [2.24, 2.45) is 0 Å². The Kier molecular flexibility index (Phi) is 13.6. The van der Waals surface area contributed by atoms with Crippen LogP contribution >= 0.6 is 0 Å². The van der Waals surface area contributed by atoms with E-state index in [-0.39, 0.29) is 13.0 Å². The van der Waals surface area contributed by atoms with Gasteiger partial charge in [-0.05, 0) is 11.1 Å². The van der Waals surface area contributed by atoms with Crippen LogP contribution in [0.2, 0.25) is 0 Å². The molecule has 3 rings (SSSR count). The van der Waals surface area contributed by atoms with Gasteiger partial charge in [0.05, 0.1) is 18.3 Å². The predicted octanol–water partition coefficient (Wildman–Crippen LogP) is -2.49. The van der Waals surface area contributed by atoms with Crippen molar-refractivity contribution in [3.63, 3.8) is 0 Å². The zero-order valence-electron chi connectivity index (χ0n) is 25.3. The van der Waals surface area contributed by atoms with E-state index in [0.717, 1.165) is 10.9 Å². The van der Waals surface area contributed by atoms with Crippen LogP contribution < -0.4 is 21.3 Å². The lowest BCUT2D eigenvalue weighted by Gasteiger charge is -2.18. The van der Waals surface area contributed by atoms with Gasteiger partial charge < -0.3 is 40.2 Å². The maximum Gasteiger partial charge on any atom is 0.419 e. The van der Waals surface area contributed by atoms with Gasteiger partial charge in [0.15, 0.2) is 26.4 Å². The Morgan fingerprint density at radius 3 is 1.59 bits per heavy atom. The first kappa shape index (κ1) is 37.4. The molecule has 18 nitrogen and oxygen atoms in total.